The SMILES string of the molecule is Cc1cccc(-c2cn[nH]c2C2CCN(C(=O)C3CCCN3C(N)=O)CC2)c1. The van der Waals surface area contributed by atoms with Crippen LogP contribution in [0.4, 0.5) is 4.79 Å². The quantitative estimate of drug-likeness (QED) is 0.855. The fraction of sp³-hybridized carbons (Fsp3) is 0.476. The summed E-state index contributed by atoms with van der Waals surface area (Å²) in [5, 5.41) is 7.48. The second-order valence-corrected chi connectivity index (χ2v) is 7.86. The Hall–Kier alpha value is -2.83. The highest BCUT2D eigenvalue weighted by Gasteiger charge is 2.37. The van der Waals surface area contributed by atoms with Gasteiger partial charge in [-0.25, -0.2) is 4.79 Å². The van der Waals surface area contributed by atoms with Crippen LogP contribution in [0, 0.1) is 6.92 Å². The predicted octanol–water partition coefficient (Wildman–Crippen LogP) is 2.63. The Bertz CT molecular complexity index is 869. The van der Waals surface area contributed by atoms with Crippen LogP contribution < -0.4 is 5.73 Å². The van der Waals surface area contributed by atoms with E-state index in [0.717, 1.165) is 30.5 Å². The molecule has 1 atom stereocenters. The highest BCUT2D eigenvalue weighted by molar-refractivity contribution is 5.87. The number of urea groups is 1. The number of likely N-dealkylation sites (tertiary alicyclic amines) is 2. The zero-order chi connectivity index (χ0) is 19.7. The Morgan fingerprint density at radius 2 is 1.96 bits per heavy atom. The Morgan fingerprint density at radius 1 is 1.18 bits per heavy atom. The third-order valence-electron chi connectivity index (χ3n) is 6.03. The molecule has 1 unspecified atom stereocenters. The Kier molecular flexibility index (Phi) is 5.07. The van der Waals surface area contributed by atoms with E-state index >= 15 is 0 Å². The number of carbonyl (C=O) groups excluding carboxylic acids is 2. The highest BCUT2D eigenvalue weighted by Crippen LogP contribution is 2.34. The van der Waals surface area contributed by atoms with Crippen LogP contribution in [-0.4, -0.2) is 57.6 Å². The number of primary amides is 1. The van der Waals surface area contributed by atoms with Gasteiger partial charge in [0.15, 0.2) is 0 Å². The lowest BCUT2D eigenvalue weighted by molar-refractivity contribution is -0.136. The number of carbonyl (C=O) groups is 2. The number of aryl methyl sites for hydroxylation is 1. The lowest BCUT2D eigenvalue weighted by Crippen LogP contribution is -2.51. The molecule has 0 spiro atoms. The molecule has 7 heteroatoms. The van der Waals surface area contributed by atoms with Crippen molar-refractivity contribution in [3.05, 3.63) is 41.7 Å². The summed E-state index contributed by atoms with van der Waals surface area (Å²) in [6.45, 7) is 4.06. The molecule has 0 saturated carbocycles. The Labute approximate surface area is 164 Å². The van der Waals surface area contributed by atoms with Crippen LogP contribution in [0.25, 0.3) is 11.1 Å². The maximum absolute atomic E-state index is 12.9. The van der Waals surface area contributed by atoms with Crippen LogP contribution in [0.5, 0.6) is 0 Å². The van der Waals surface area contributed by atoms with Crippen molar-refractivity contribution in [2.75, 3.05) is 19.6 Å². The number of hydrogen-bond donors (Lipinski definition) is 2. The molecule has 3 N–H and O–H groups in total. The van der Waals surface area contributed by atoms with Crippen molar-refractivity contribution >= 4 is 11.9 Å². The molecule has 4 rings (SSSR count). The molecule has 3 heterocycles. The van der Waals surface area contributed by atoms with E-state index in [1.54, 1.807) is 0 Å². The summed E-state index contributed by atoms with van der Waals surface area (Å²) in [4.78, 5) is 27.9. The van der Waals surface area contributed by atoms with Crippen LogP contribution in [-0.2, 0) is 4.79 Å². The van der Waals surface area contributed by atoms with E-state index in [1.165, 1.54) is 16.0 Å². The van der Waals surface area contributed by atoms with Gasteiger partial charge >= 0.3 is 6.03 Å². The summed E-state index contributed by atoms with van der Waals surface area (Å²) in [5.74, 6) is 0.385. The van der Waals surface area contributed by atoms with Crippen molar-refractivity contribution in [2.45, 2.75) is 44.6 Å². The lowest BCUT2D eigenvalue weighted by Gasteiger charge is -2.35. The van der Waals surface area contributed by atoms with Crippen LogP contribution in [0.3, 0.4) is 0 Å². The average Bonchev–Trinajstić information content (AvgIpc) is 3.37. The van der Waals surface area contributed by atoms with Crippen molar-refractivity contribution in [2.24, 2.45) is 5.73 Å². The van der Waals surface area contributed by atoms with E-state index < -0.39 is 6.03 Å². The smallest absolute Gasteiger partial charge is 0.315 e. The molecule has 148 valence electrons. The number of nitrogens with one attached hydrogen (secondary N) is 1. The number of H-pyrrole nitrogens is 1. The first-order valence-electron chi connectivity index (χ1n) is 9.99. The molecule has 2 aliphatic heterocycles. The third kappa shape index (κ3) is 3.48. The van der Waals surface area contributed by atoms with Gasteiger partial charge in [0.05, 0.1) is 6.20 Å². The summed E-state index contributed by atoms with van der Waals surface area (Å²) in [6.07, 6.45) is 5.21. The molecular formula is C21H27N5O2. The van der Waals surface area contributed by atoms with Crippen molar-refractivity contribution < 1.29 is 9.59 Å². The van der Waals surface area contributed by atoms with Crippen molar-refractivity contribution in [1.82, 2.24) is 20.0 Å². The van der Waals surface area contributed by atoms with Gasteiger partial charge in [-0.1, -0.05) is 29.8 Å². The molecule has 0 aliphatic carbocycles. The van der Waals surface area contributed by atoms with E-state index in [0.29, 0.717) is 32.0 Å². The zero-order valence-corrected chi connectivity index (χ0v) is 16.2. The number of piperidine rings is 1. The van der Waals surface area contributed by atoms with Gasteiger partial charge in [0.25, 0.3) is 0 Å². The standard InChI is InChI=1S/C21H27N5O2/c1-14-4-2-5-16(12-14)17-13-23-24-19(17)15-7-10-25(11-8-15)20(27)18-6-3-9-26(18)21(22)28/h2,4-5,12-13,15,18H,3,6-11H2,1H3,(H2,22,28)(H,23,24). The number of amides is 3. The fourth-order valence-electron chi connectivity index (χ4n) is 4.54. The van der Waals surface area contributed by atoms with Gasteiger partial charge in [-0.15, -0.1) is 0 Å². The van der Waals surface area contributed by atoms with Gasteiger partial charge in [-0.2, -0.15) is 5.10 Å². The minimum Gasteiger partial charge on any atom is -0.351 e. The molecule has 2 aromatic rings. The number of rotatable bonds is 3. The first kappa shape index (κ1) is 18.5. The van der Waals surface area contributed by atoms with Crippen LogP contribution >= 0.6 is 0 Å². The summed E-state index contributed by atoms with van der Waals surface area (Å²) < 4.78 is 0. The van der Waals surface area contributed by atoms with E-state index in [1.807, 2.05) is 11.1 Å². The Morgan fingerprint density at radius 3 is 2.68 bits per heavy atom. The molecule has 28 heavy (non-hydrogen) atoms. The topological polar surface area (TPSA) is 95.3 Å². The monoisotopic (exact) mass is 381 g/mol. The van der Waals surface area contributed by atoms with E-state index in [2.05, 4.69) is 41.4 Å². The molecular weight excluding hydrogens is 354 g/mol. The largest absolute Gasteiger partial charge is 0.351 e. The normalized spacial score (nSPS) is 20.5. The van der Waals surface area contributed by atoms with E-state index in [9.17, 15) is 9.59 Å². The average molecular weight is 381 g/mol. The number of nitrogens with zero attached hydrogens (tertiary/aromatic N) is 3. The van der Waals surface area contributed by atoms with Gasteiger partial charge in [-0.3, -0.25) is 9.89 Å². The molecule has 1 aromatic heterocycles. The van der Waals surface area contributed by atoms with Crippen molar-refractivity contribution in [3.8, 4) is 11.1 Å². The molecule has 2 saturated heterocycles. The minimum atomic E-state index is -0.494. The van der Waals surface area contributed by atoms with Crippen molar-refractivity contribution in [1.29, 1.82) is 0 Å². The Balaban J connectivity index is 1.43. The van der Waals surface area contributed by atoms with E-state index in [-0.39, 0.29) is 11.9 Å². The summed E-state index contributed by atoms with van der Waals surface area (Å²) in [7, 11) is 0. The van der Waals surface area contributed by atoms with Crippen LogP contribution in [0.2, 0.25) is 0 Å². The molecule has 2 fully saturated rings. The van der Waals surface area contributed by atoms with Gasteiger partial charge in [0.1, 0.15) is 6.04 Å². The molecule has 1 aromatic carbocycles. The number of benzene rings is 1. The summed E-state index contributed by atoms with van der Waals surface area (Å²) in [6, 6.07) is 7.56. The van der Waals surface area contributed by atoms with Gasteiger partial charge in [0.2, 0.25) is 5.91 Å². The van der Waals surface area contributed by atoms with Crippen LogP contribution in [0.15, 0.2) is 30.5 Å². The molecule has 3 amide bonds. The molecule has 0 bridgehead atoms. The molecule has 2 aliphatic rings. The maximum atomic E-state index is 12.9. The first-order valence-corrected chi connectivity index (χ1v) is 9.99. The third-order valence-corrected chi connectivity index (χ3v) is 6.03. The number of aromatic nitrogens is 2. The first-order chi connectivity index (χ1) is 13.5. The molecule has 7 nitrogen and oxygen atoms in total. The zero-order valence-electron chi connectivity index (χ0n) is 16.2. The fourth-order valence-corrected chi connectivity index (χ4v) is 4.54. The maximum Gasteiger partial charge on any atom is 0.315 e. The second kappa shape index (κ2) is 7.66. The highest BCUT2D eigenvalue weighted by atomic mass is 16.2. The van der Waals surface area contributed by atoms with Gasteiger partial charge in [-0.05, 0) is 38.2 Å². The summed E-state index contributed by atoms with van der Waals surface area (Å²) in [5.41, 5.74) is 10.1. The van der Waals surface area contributed by atoms with Gasteiger partial charge < -0.3 is 15.5 Å². The van der Waals surface area contributed by atoms with Crippen molar-refractivity contribution in [3.63, 3.8) is 0 Å². The minimum absolute atomic E-state index is 0.0401. The number of nitrogens with two attached hydrogens (primary N) is 1. The number of aromatic amines is 1. The number of hydrogen-bond acceptors (Lipinski definition) is 3. The van der Waals surface area contributed by atoms with E-state index in [4.69, 9.17) is 5.73 Å². The summed E-state index contributed by atoms with van der Waals surface area (Å²) >= 11 is 0. The lowest BCUT2D eigenvalue weighted by atomic mass is 9.89. The second-order valence-electron chi connectivity index (χ2n) is 7.86. The van der Waals surface area contributed by atoms with Gasteiger partial charge in [0, 0.05) is 36.8 Å². The predicted molar refractivity (Wildman–Crippen MR) is 107 cm³/mol. The molecule has 0 radical (unpaired) electrons. The van der Waals surface area contributed by atoms with Crippen LogP contribution in [0.1, 0.15) is 42.9 Å².